The highest BCUT2D eigenvalue weighted by atomic mass is 15.4. The molecule has 0 saturated carbocycles. The van der Waals surface area contributed by atoms with Crippen LogP contribution in [0.5, 0.6) is 0 Å². The van der Waals surface area contributed by atoms with E-state index < -0.39 is 0 Å². The molecule has 0 aliphatic rings. The van der Waals surface area contributed by atoms with E-state index in [-0.39, 0.29) is 0 Å². The van der Waals surface area contributed by atoms with Gasteiger partial charge in [0.1, 0.15) is 0 Å². The zero-order chi connectivity index (χ0) is 28.2. The SMILES string of the molecule is C=CCn1cc(CN(CCN(Cc2cn(CC=C)nn2)Cc2cn(CC=C)nn2)Cc2cn(CC=C)nn2)nn1. The van der Waals surface area contributed by atoms with Gasteiger partial charge in [-0.15, -0.1) is 46.7 Å². The largest absolute Gasteiger partial charge is 0.290 e. The fourth-order valence-corrected chi connectivity index (χ4v) is 4.16. The molecular formula is C26H36N14. The number of allylic oxidation sites excluding steroid dienone is 4. The standard InChI is InChI=1S/C26H36N14/c1-5-9-37-19-23(27-31-37)15-35(16-24-20-38(10-6-2)32-28-24)13-14-36(17-25-21-39(11-7-3)33-29-25)18-26-22-40(12-8-4)34-30-26/h5-8,19-22H,1-4,9-18H2. The van der Waals surface area contributed by atoms with E-state index in [1.54, 1.807) is 43.0 Å². The van der Waals surface area contributed by atoms with Crippen molar-refractivity contribution in [3.8, 4) is 0 Å². The van der Waals surface area contributed by atoms with Crippen LogP contribution in [0.3, 0.4) is 0 Å². The van der Waals surface area contributed by atoms with E-state index >= 15 is 0 Å². The van der Waals surface area contributed by atoms with Gasteiger partial charge in [-0.3, -0.25) is 9.80 Å². The van der Waals surface area contributed by atoms with Gasteiger partial charge in [0.2, 0.25) is 0 Å². The zero-order valence-electron chi connectivity index (χ0n) is 22.8. The third-order valence-electron chi connectivity index (χ3n) is 5.88. The first-order chi connectivity index (χ1) is 19.6. The highest BCUT2D eigenvalue weighted by Gasteiger charge is 2.17. The molecule has 0 aromatic carbocycles. The second-order valence-electron chi connectivity index (χ2n) is 9.30. The highest BCUT2D eigenvalue weighted by molar-refractivity contribution is 4.99. The normalized spacial score (nSPS) is 11.3. The molecule has 0 unspecified atom stereocenters. The van der Waals surface area contributed by atoms with Crippen molar-refractivity contribution in [2.75, 3.05) is 13.1 Å². The fourth-order valence-electron chi connectivity index (χ4n) is 4.16. The van der Waals surface area contributed by atoms with E-state index in [0.717, 1.165) is 35.9 Å². The second kappa shape index (κ2) is 14.6. The summed E-state index contributed by atoms with van der Waals surface area (Å²) in [7, 11) is 0. The first-order valence-electron chi connectivity index (χ1n) is 13.0. The third kappa shape index (κ3) is 8.47. The van der Waals surface area contributed by atoms with Crippen molar-refractivity contribution in [3.05, 3.63) is 98.2 Å². The molecule has 14 heteroatoms. The molecule has 0 bridgehead atoms. The van der Waals surface area contributed by atoms with Crippen molar-refractivity contribution in [1.82, 2.24) is 69.8 Å². The van der Waals surface area contributed by atoms with E-state index in [0.29, 0.717) is 52.4 Å². The summed E-state index contributed by atoms with van der Waals surface area (Å²) in [5.41, 5.74) is 3.47. The minimum atomic E-state index is 0.602. The smallest absolute Gasteiger partial charge is 0.0967 e. The van der Waals surface area contributed by atoms with Crippen molar-refractivity contribution in [2.24, 2.45) is 0 Å². The summed E-state index contributed by atoms with van der Waals surface area (Å²) in [5.74, 6) is 0. The molecule has 0 aliphatic heterocycles. The molecule has 4 heterocycles. The van der Waals surface area contributed by atoms with Gasteiger partial charge in [0.15, 0.2) is 0 Å². The lowest BCUT2D eigenvalue weighted by Gasteiger charge is -2.25. The van der Waals surface area contributed by atoms with Gasteiger partial charge in [-0.2, -0.15) is 0 Å². The van der Waals surface area contributed by atoms with Gasteiger partial charge in [-0.1, -0.05) is 45.2 Å². The number of hydrogen-bond donors (Lipinski definition) is 0. The Balaban J connectivity index is 1.49. The summed E-state index contributed by atoms with van der Waals surface area (Å²) in [5, 5.41) is 34.2. The Hall–Kier alpha value is -4.56. The Morgan fingerprint density at radius 3 is 0.950 bits per heavy atom. The Kier molecular flexibility index (Phi) is 10.4. The van der Waals surface area contributed by atoms with Gasteiger partial charge in [-0.25, -0.2) is 18.7 Å². The number of aromatic nitrogens is 12. The summed E-state index contributed by atoms with van der Waals surface area (Å²) >= 11 is 0. The minimum absolute atomic E-state index is 0.602. The van der Waals surface area contributed by atoms with E-state index in [9.17, 15) is 0 Å². The van der Waals surface area contributed by atoms with Gasteiger partial charge in [0.25, 0.3) is 0 Å². The molecule has 210 valence electrons. The molecule has 0 amide bonds. The Morgan fingerprint density at radius 2 is 0.725 bits per heavy atom. The molecule has 0 saturated heterocycles. The van der Waals surface area contributed by atoms with Crippen LogP contribution in [-0.2, 0) is 52.4 Å². The maximum atomic E-state index is 4.35. The maximum Gasteiger partial charge on any atom is 0.0967 e. The molecule has 40 heavy (non-hydrogen) atoms. The van der Waals surface area contributed by atoms with Crippen molar-refractivity contribution in [2.45, 2.75) is 52.4 Å². The lowest BCUT2D eigenvalue weighted by molar-refractivity contribution is 0.177. The average Bonchev–Trinajstić information content (AvgIpc) is 3.74. The van der Waals surface area contributed by atoms with E-state index in [2.05, 4.69) is 77.4 Å². The maximum absolute atomic E-state index is 4.35. The number of rotatable bonds is 19. The van der Waals surface area contributed by atoms with Crippen LogP contribution in [0.25, 0.3) is 0 Å². The topological polar surface area (TPSA) is 129 Å². The molecule has 0 fully saturated rings. The van der Waals surface area contributed by atoms with Crippen molar-refractivity contribution in [1.29, 1.82) is 0 Å². The Morgan fingerprint density at radius 1 is 0.475 bits per heavy atom. The first kappa shape index (κ1) is 28.4. The Labute approximate surface area is 233 Å². The average molecular weight is 545 g/mol. The lowest BCUT2D eigenvalue weighted by Crippen LogP contribution is -2.34. The molecule has 14 nitrogen and oxygen atoms in total. The van der Waals surface area contributed by atoms with Gasteiger partial charge >= 0.3 is 0 Å². The molecule has 0 spiro atoms. The van der Waals surface area contributed by atoms with Crippen LogP contribution in [0, 0.1) is 0 Å². The van der Waals surface area contributed by atoms with E-state index in [1.807, 2.05) is 24.8 Å². The van der Waals surface area contributed by atoms with Crippen LogP contribution in [-0.4, -0.2) is 82.9 Å². The fraction of sp³-hybridized carbons (Fsp3) is 0.385. The van der Waals surface area contributed by atoms with Gasteiger partial charge in [-0.05, 0) is 0 Å². The summed E-state index contributed by atoms with van der Waals surface area (Å²) in [4.78, 5) is 4.56. The van der Waals surface area contributed by atoms with Crippen molar-refractivity contribution in [3.63, 3.8) is 0 Å². The summed E-state index contributed by atoms with van der Waals surface area (Å²) in [6.07, 6.45) is 14.9. The highest BCUT2D eigenvalue weighted by Crippen LogP contribution is 2.11. The second-order valence-corrected chi connectivity index (χ2v) is 9.30. The lowest BCUT2D eigenvalue weighted by atomic mass is 10.3. The first-order valence-corrected chi connectivity index (χ1v) is 13.0. The molecule has 0 N–H and O–H groups in total. The summed E-state index contributed by atoms with van der Waals surface area (Å²) in [6, 6.07) is 0. The van der Waals surface area contributed by atoms with Crippen molar-refractivity contribution < 1.29 is 0 Å². The van der Waals surface area contributed by atoms with Gasteiger partial charge < -0.3 is 0 Å². The van der Waals surface area contributed by atoms with Crippen LogP contribution in [0.1, 0.15) is 22.8 Å². The van der Waals surface area contributed by atoms with Crippen LogP contribution in [0.15, 0.2) is 75.4 Å². The molecule has 4 rings (SSSR count). The predicted octanol–water partition coefficient (Wildman–Crippen LogP) is 1.50. The van der Waals surface area contributed by atoms with E-state index in [1.165, 1.54) is 0 Å². The van der Waals surface area contributed by atoms with Gasteiger partial charge in [0.05, 0.1) is 73.7 Å². The van der Waals surface area contributed by atoms with Gasteiger partial charge in [0, 0.05) is 39.3 Å². The van der Waals surface area contributed by atoms with Crippen LogP contribution >= 0.6 is 0 Å². The van der Waals surface area contributed by atoms with Crippen LogP contribution < -0.4 is 0 Å². The minimum Gasteiger partial charge on any atom is -0.290 e. The number of nitrogens with zero attached hydrogens (tertiary/aromatic N) is 14. The van der Waals surface area contributed by atoms with Crippen molar-refractivity contribution >= 4 is 0 Å². The molecule has 4 aromatic rings. The molecule has 4 aromatic heterocycles. The predicted molar refractivity (Wildman–Crippen MR) is 149 cm³/mol. The summed E-state index contributed by atoms with van der Waals surface area (Å²) in [6.45, 7) is 21.4. The van der Waals surface area contributed by atoms with Crippen LogP contribution in [0.4, 0.5) is 0 Å². The molecule has 0 aliphatic carbocycles. The number of hydrogen-bond acceptors (Lipinski definition) is 10. The van der Waals surface area contributed by atoms with E-state index in [4.69, 9.17) is 0 Å². The van der Waals surface area contributed by atoms with Crippen LogP contribution in [0.2, 0.25) is 0 Å². The molecule has 0 atom stereocenters. The Bertz CT molecular complexity index is 1170. The quantitative estimate of drug-likeness (QED) is 0.160. The molecular weight excluding hydrogens is 508 g/mol. The third-order valence-corrected chi connectivity index (χ3v) is 5.88. The monoisotopic (exact) mass is 544 g/mol. The molecule has 0 radical (unpaired) electrons. The zero-order valence-corrected chi connectivity index (χ0v) is 22.8. The summed E-state index contributed by atoms with van der Waals surface area (Å²) < 4.78 is 7.08.